The van der Waals surface area contributed by atoms with Gasteiger partial charge in [-0.2, -0.15) is 0 Å². The highest BCUT2D eigenvalue weighted by Crippen LogP contribution is 2.42. The number of ether oxygens (including phenoxy) is 2. The summed E-state index contributed by atoms with van der Waals surface area (Å²) >= 11 is 0. The third-order valence-corrected chi connectivity index (χ3v) is 4.78. The van der Waals surface area contributed by atoms with E-state index >= 15 is 0 Å². The quantitative estimate of drug-likeness (QED) is 0.650. The zero-order valence-corrected chi connectivity index (χ0v) is 14.8. The van der Waals surface area contributed by atoms with E-state index in [1.807, 2.05) is 38.1 Å². The second kappa shape index (κ2) is 6.02. The van der Waals surface area contributed by atoms with Gasteiger partial charge in [-0.15, -0.1) is 0 Å². The van der Waals surface area contributed by atoms with Crippen LogP contribution in [-0.2, 0) is 0 Å². The lowest BCUT2D eigenvalue weighted by Crippen LogP contribution is -2.22. The van der Waals surface area contributed by atoms with Gasteiger partial charge in [-0.05, 0) is 48.7 Å². The second-order valence-corrected chi connectivity index (χ2v) is 6.53. The number of carbonyl (C=O) groups is 1. The van der Waals surface area contributed by atoms with E-state index < -0.39 is 11.7 Å². The van der Waals surface area contributed by atoms with Crippen molar-refractivity contribution in [1.29, 1.82) is 0 Å². The molecule has 0 unspecified atom stereocenters. The van der Waals surface area contributed by atoms with E-state index in [9.17, 15) is 9.59 Å². The monoisotopic (exact) mass is 350 g/mol. The second-order valence-electron chi connectivity index (χ2n) is 6.53. The largest absolute Gasteiger partial charge is 0.497 e. The summed E-state index contributed by atoms with van der Waals surface area (Å²) < 4.78 is 16.8. The summed E-state index contributed by atoms with van der Waals surface area (Å²) in [6.45, 7) is 3.65. The van der Waals surface area contributed by atoms with Crippen LogP contribution in [0.2, 0.25) is 0 Å². The van der Waals surface area contributed by atoms with Crippen molar-refractivity contribution in [3.05, 3.63) is 69.1 Å². The first-order valence-corrected chi connectivity index (χ1v) is 8.40. The number of rotatable bonds is 2. The molecule has 0 fully saturated rings. The Labute approximate surface area is 150 Å². The molecule has 132 valence electrons. The zero-order chi connectivity index (χ0) is 18.4. The normalized spacial score (nSPS) is 16.3. The van der Waals surface area contributed by atoms with Gasteiger partial charge in [0.25, 0.3) is 0 Å². The summed E-state index contributed by atoms with van der Waals surface area (Å²) in [4.78, 5) is 24.5. The average molecular weight is 350 g/mol. The highest BCUT2D eigenvalue weighted by molar-refractivity contribution is 6.07. The summed E-state index contributed by atoms with van der Waals surface area (Å²) in [5.41, 5.74) is 2.97. The standard InChI is InChI=1S/C21H18O5/c1-11-8-17-20(12(2)9-18(23)25-17)21-19(11)15(22)10-16(26-21)13-4-6-14(24-3)7-5-13/h4-9,16H,10H2,1-3H3/t16-/m1/s1. The SMILES string of the molecule is COc1ccc([C@H]2CC(=O)c3c(C)cc4oc(=O)cc(C)c4c3O2)cc1. The predicted molar refractivity (Wildman–Crippen MR) is 97.3 cm³/mol. The molecule has 1 atom stereocenters. The first-order valence-electron chi connectivity index (χ1n) is 8.40. The Kier molecular flexibility index (Phi) is 3.80. The van der Waals surface area contributed by atoms with Gasteiger partial charge in [-0.25, -0.2) is 4.79 Å². The lowest BCUT2D eigenvalue weighted by atomic mass is 9.91. The van der Waals surface area contributed by atoms with Crippen molar-refractivity contribution in [2.45, 2.75) is 26.4 Å². The molecule has 0 amide bonds. The minimum Gasteiger partial charge on any atom is -0.497 e. The number of hydrogen-bond acceptors (Lipinski definition) is 5. The van der Waals surface area contributed by atoms with Crippen molar-refractivity contribution in [2.75, 3.05) is 7.11 Å². The average Bonchev–Trinajstić information content (AvgIpc) is 2.60. The number of hydrogen-bond donors (Lipinski definition) is 0. The molecule has 2 aromatic carbocycles. The zero-order valence-electron chi connectivity index (χ0n) is 14.8. The lowest BCUT2D eigenvalue weighted by molar-refractivity contribution is 0.0852. The molecule has 4 rings (SSSR count). The number of methoxy groups -OCH3 is 1. The van der Waals surface area contributed by atoms with Gasteiger partial charge in [0.05, 0.1) is 24.5 Å². The molecule has 0 spiro atoms. The van der Waals surface area contributed by atoms with E-state index in [1.54, 1.807) is 13.2 Å². The first kappa shape index (κ1) is 16.4. The van der Waals surface area contributed by atoms with Gasteiger partial charge < -0.3 is 13.9 Å². The molecule has 5 heteroatoms. The van der Waals surface area contributed by atoms with Crippen molar-refractivity contribution in [3.8, 4) is 11.5 Å². The molecule has 26 heavy (non-hydrogen) atoms. The number of carbonyl (C=O) groups excluding carboxylic acids is 1. The molecule has 0 radical (unpaired) electrons. The molecular weight excluding hydrogens is 332 g/mol. The molecule has 2 heterocycles. The Morgan fingerprint density at radius 1 is 1.04 bits per heavy atom. The number of Topliss-reactive ketones (excluding diaryl/α,β-unsaturated/α-hetero) is 1. The summed E-state index contributed by atoms with van der Waals surface area (Å²) in [5, 5.41) is 0.678. The molecule has 1 aliphatic heterocycles. The minimum absolute atomic E-state index is 0.0251. The van der Waals surface area contributed by atoms with Crippen LogP contribution in [0.3, 0.4) is 0 Å². The summed E-state index contributed by atoms with van der Waals surface area (Å²) in [6.07, 6.45) is -0.126. The Balaban J connectivity index is 1.88. The fraction of sp³-hybridized carbons (Fsp3) is 0.238. The van der Waals surface area contributed by atoms with Crippen molar-refractivity contribution in [1.82, 2.24) is 0 Å². The van der Waals surface area contributed by atoms with Crippen molar-refractivity contribution in [3.63, 3.8) is 0 Å². The molecular formula is C21H18O5. The molecule has 0 aliphatic carbocycles. The Morgan fingerprint density at radius 3 is 2.46 bits per heavy atom. The topological polar surface area (TPSA) is 65.7 Å². The number of fused-ring (bicyclic) bond motifs is 3. The summed E-state index contributed by atoms with van der Waals surface area (Å²) in [7, 11) is 1.61. The van der Waals surface area contributed by atoms with E-state index in [0.29, 0.717) is 22.3 Å². The van der Waals surface area contributed by atoms with Crippen LogP contribution < -0.4 is 15.1 Å². The van der Waals surface area contributed by atoms with Crippen molar-refractivity contribution >= 4 is 16.8 Å². The van der Waals surface area contributed by atoms with Crippen molar-refractivity contribution in [2.24, 2.45) is 0 Å². The highest BCUT2D eigenvalue weighted by Gasteiger charge is 2.31. The van der Waals surface area contributed by atoms with Crippen LogP contribution in [0.15, 0.2) is 45.6 Å². The Bertz CT molecular complexity index is 1080. The fourth-order valence-corrected chi connectivity index (χ4v) is 3.52. The van der Waals surface area contributed by atoms with E-state index in [-0.39, 0.29) is 12.2 Å². The first-order chi connectivity index (χ1) is 12.5. The molecule has 0 saturated heterocycles. The molecule has 5 nitrogen and oxygen atoms in total. The van der Waals surface area contributed by atoms with Gasteiger partial charge in [0, 0.05) is 6.07 Å². The smallest absolute Gasteiger partial charge is 0.336 e. The maximum absolute atomic E-state index is 12.8. The molecule has 0 bridgehead atoms. The van der Waals surface area contributed by atoms with Crippen LogP contribution in [0.25, 0.3) is 11.0 Å². The van der Waals surface area contributed by atoms with E-state index in [1.165, 1.54) is 6.07 Å². The minimum atomic E-state index is -0.414. The summed E-state index contributed by atoms with van der Waals surface area (Å²) in [6, 6.07) is 10.6. The number of benzene rings is 2. The maximum Gasteiger partial charge on any atom is 0.336 e. The van der Waals surface area contributed by atoms with Crippen LogP contribution in [0.5, 0.6) is 11.5 Å². The molecule has 3 aromatic rings. The number of ketones is 1. The molecule has 0 saturated carbocycles. The molecule has 1 aliphatic rings. The third-order valence-electron chi connectivity index (χ3n) is 4.78. The highest BCUT2D eigenvalue weighted by atomic mass is 16.5. The van der Waals surface area contributed by atoms with Gasteiger partial charge >= 0.3 is 5.63 Å². The Morgan fingerprint density at radius 2 is 1.77 bits per heavy atom. The van der Waals surface area contributed by atoms with E-state index in [0.717, 1.165) is 22.4 Å². The van der Waals surface area contributed by atoms with Crippen LogP contribution in [0.4, 0.5) is 0 Å². The Hall–Kier alpha value is -3.08. The van der Waals surface area contributed by atoms with Gasteiger partial charge in [0.15, 0.2) is 5.78 Å². The van der Waals surface area contributed by atoms with Gasteiger partial charge in [-0.3, -0.25) is 4.79 Å². The van der Waals surface area contributed by atoms with Crippen molar-refractivity contribution < 1.29 is 18.7 Å². The van der Waals surface area contributed by atoms with Gasteiger partial charge in [-0.1, -0.05) is 12.1 Å². The van der Waals surface area contributed by atoms with Gasteiger partial charge in [0.1, 0.15) is 23.2 Å². The molecule has 0 N–H and O–H groups in total. The van der Waals surface area contributed by atoms with E-state index in [4.69, 9.17) is 13.9 Å². The van der Waals surface area contributed by atoms with Gasteiger partial charge in [0.2, 0.25) is 0 Å². The van der Waals surface area contributed by atoms with Crippen LogP contribution >= 0.6 is 0 Å². The number of aryl methyl sites for hydroxylation is 2. The third kappa shape index (κ3) is 2.56. The summed E-state index contributed by atoms with van der Waals surface area (Å²) in [5.74, 6) is 1.27. The van der Waals surface area contributed by atoms with Crippen LogP contribution in [0.1, 0.15) is 39.6 Å². The van der Waals surface area contributed by atoms with Crippen LogP contribution in [0, 0.1) is 13.8 Å². The fourth-order valence-electron chi connectivity index (χ4n) is 3.52. The van der Waals surface area contributed by atoms with Crippen LogP contribution in [-0.4, -0.2) is 12.9 Å². The predicted octanol–water partition coefficient (Wildman–Crippen LogP) is 4.12. The van der Waals surface area contributed by atoms with E-state index in [2.05, 4.69) is 0 Å². The maximum atomic E-state index is 12.8. The molecule has 1 aromatic heterocycles. The lowest BCUT2D eigenvalue weighted by Gasteiger charge is -2.28.